The molecule has 6 nitrogen and oxygen atoms in total. The number of hydrogen-bond donors (Lipinski definition) is 2. The number of nitrogens with one attached hydrogen (secondary N) is 1. The van der Waals surface area contributed by atoms with E-state index in [1.807, 2.05) is 38.1 Å². The standard InChI is InChI=1S/C22H25N3O3/c1-14(2)27-11-10-24-16-8-6-15(7-9-16)21-25-19-13-17(23-5)12-18(20(19)28-21)22(3,4)26/h6-9,12-14,24,26H,10-11H2,1-4H3. The van der Waals surface area contributed by atoms with Crippen molar-refractivity contribution in [2.75, 3.05) is 18.5 Å². The minimum absolute atomic E-state index is 0.223. The second-order valence-electron chi connectivity index (χ2n) is 7.46. The zero-order valence-electron chi connectivity index (χ0n) is 16.6. The second kappa shape index (κ2) is 8.01. The average Bonchev–Trinajstić information content (AvgIpc) is 3.07. The number of fused-ring (bicyclic) bond motifs is 1. The third-order valence-electron chi connectivity index (χ3n) is 4.28. The molecule has 0 saturated carbocycles. The molecular formula is C22H25N3O3. The largest absolute Gasteiger partial charge is 0.436 e. The van der Waals surface area contributed by atoms with Crippen molar-refractivity contribution in [3.63, 3.8) is 0 Å². The summed E-state index contributed by atoms with van der Waals surface area (Å²) in [4.78, 5) is 8.00. The minimum Gasteiger partial charge on any atom is -0.436 e. The van der Waals surface area contributed by atoms with Gasteiger partial charge in [-0.3, -0.25) is 0 Å². The summed E-state index contributed by atoms with van der Waals surface area (Å²) in [6.07, 6.45) is 0.223. The van der Waals surface area contributed by atoms with Crippen LogP contribution in [0.2, 0.25) is 0 Å². The Morgan fingerprint density at radius 2 is 1.96 bits per heavy atom. The third-order valence-corrected chi connectivity index (χ3v) is 4.28. The lowest BCUT2D eigenvalue weighted by Gasteiger charge is -2.17. The number of ether oxygens (including phenoxy) is 1. The Balaban J connectivity index is 1.85. The molecule has 0 fully saturated rings. The summed E-state index contributed by atoms with van der Waals surface area (Å²) in [6.45, 7) is 16.0. The summed E-state index contributed by atoms with van der Waals surface area (Å²) in [6, 6.07) is 11.1. The van der Waals surface area contributed by atoms with Crippen LogP contribution in [0.5, 0.6) is 0 Å². The van der Waals surface area contributed by atoms with E-state index in [2.05, 4.69) is 15.1 Å². The molecule has 0 aliphatic rings. The lowest BCUT2D eigenvalue weighted by atomic mass is 9.97. The maximum atomic E-state index is 10.5. The first-order valence-electron chi connectivity index (χ1n) is 9.28. The number of anilines is 1. The molecule has 28 heavy (non-hydrogen) atoms. The third kappa shape index (κ3) is 4.50. The Morgan fingerprint density at radius 1 is 1.25 bits per heavy atom. The predicted molar refractivity (Wildman–Crippen MR) is 111 cm³/mol. The van der Waals surface area contributed by atoms with E-state index >= 15 is 0 Å². The molecule has 0 spiro atoms. The fourth-order valence-corrected chi connectivity index (χ4v) is 2.88. The van der Waals surface area contributed by atoms with Crippen molar-refractivity contribution in [1.82, 2.24) is 4.98 Å². The van der Waals surface area contributed by atoms with Crippen LogP contribution in [0.1, 0.15) is 33.3 Å². The molecule has 1 aromatic heterocycles. The molecule has 0 bridgehead atoms. The lowest BCUT2D eigenvalue weighted by molar-refractivity contribution is 0.0792. The summed E-state index contributed by atoms with van der Waals surface area (Å²) >= 11 is 0. The van der Waals surface area contributed by atoms with Crippen LogP contribution >= 0.6 is 0 Å². The first-order valence-corrected chi connectivity index (χ1v) is 9.28. The zero-order valence-corrected chi connectivity index (χ0v) is 16.6. The van der Waals surface area contributed by atoms with E-state index in [1.165, 1.54) is 0 Å². The minimum atomic E-state index is -1.14. The highest BCUT2D eigenvalue weighted by molar-refractivity contribution is 5.84. The van der Waals surface area contributed by atoms with Crippen molar-refractivity contribution in [3.8, 4) is 11.5 Å². The number of rotatable bonds is 7. The van der Waals surface area contributed by atoms with Crippen LogP contribution in [-0.2, 0) is 10.3 Å². The fraction of sp³-hybridized carbons (Fsp3) is 0.364. The van der Waals surface area contributed by atoms with Gasteiger partial charge in [0.15, 0.2) is 11.3 Å². The van der Waals surface area contributed by atoms with Gasteiger partial charge in [0.25, 0.3) is 0 Å². The quantitative estimate of drug-likeness (QED) is 0.441. The molecular weight excluding hydrogens is 354 g/mol. The van der Waals surface area contributed by atoms with E-state index in [0.29, 0.717) is 34.8 Å². The highest BCUT2D eigenvalue weighted by Crippen LogP contribution is 2.35. The number of oxazole rings is 1. The number of nitrogens with zero attached hydrogens (tertiary/aromatic N) is 2. The summed E-state index contributed by atoms with van der Waals surface area (Å²) in [5, 5.41) is 13.8. The van der Waals surface area contributed by atoms with Crippen molar-refractivity contribution in [2.45, 2.75) is 39.4 Å². The summed E-state index contributed by atoms with van der Waals surface area (Å²) in [5.74, 6) is 0.456. The van der Waals surface area contributed by atoms with Gasteiger partial charge in [0.1, 0.15) is 0 Å². The second-order valence-corrected chi connectivity index (χ2v) is 7.46. The van der Waals surface area contributed by atoms with Crippen LogP contribution in [0.3, 0.4) is 0 Å². The van der Waals surface area contributed by atoms with Gasteiger partial charge < -0.3 is 19.6 Å². The van der Waals surface area contributed by atoms with Crippen LogP contribution < -0.4 is 5.32 Å². The van der Waals surface area contributed by atoms with Crippen LogP contribution in [0.25, 0.3) is 27.4 Å². The average molecular weight is 379 g/mol. The Hall–Kier alpha value is -2.88. The van der Waals surface area contributed by atoms with Gasteiger partial charge in [0.2, 0.25) is 5.89 Å². The van der Waals surface area contributed by atoms with Gasteiger partial charge in [-0.25, -0.2) is 9.83 Å². The van der Waals surface area contributed by atoms with Gasteiger partial charge in [-0.1, -0.05) is 0 Å². The van der Waals surface area contributed by atoms with Crippen molar-refractivity contribution >= 4 is 22.5 Å². The molecule has 2 aromatic carbocycles. The Bertz CT molecular complexity index is 993. The number of hydrogen-bond acceptors (Lipinski definition) is 5. The number of aliphatic hydroxyl groups is 1. The van der Waals surface area contributed by atoms with Crippen molar-refractivity contribution in [3.05, 3.63) is 53.4 Å². The molecule has 0 amide bonds. The van der Waals surface area contributed by atoms with E-state index in [1.54, 1.807) is 26.0 Å². The highest BCUT2D eigenvalue weighted by Gasteiger charge is 2.24. The maximum absolute atomic E-state index is 10.5. The van der Waals surface area contributed by atoms with Gasteiger partial charge in [-0.2, -0.15) is 0 Å². The van der Waals surface area contributed by atoms with Crippen molar-refractivity contribution in [1.29, 1.82) is 0 Å². The summed E-state index contributed by atoms with van der Waals surface area (Å²) in [5.41, 5.74) is 2.72. The Kier molecular flexibility index (Phi) is 5.68. The first kappa shape index (κ1) is 19.9. The number of benzene rings is 2. The fourth-order valence-electron chi connectivity index (χ4n) is 2.88. The van der Waals surface area contributed by atoms with E-state index in [4.69, 9.17) is 15.7 Å². The van der Waals surface area contributed by atoms with Gasteiger partial charge in [-0.05, 0) is 64.1 Å². The molecule has 3 aromatic rings. The summed E-state index contributed by atoms with van der Waals surface area (Å²) < 4.78 is 11.5. The molecule has 0 unspecified atom stereocenters. The molecule has 0 atom stereocenters. The van der Waals surface area contributed by atoms with Crippen molar-refractivity contribution in [2.24, 2.45) is 0 Å². The van der Waals surface area contributed by atoms with Gasteiger partial charge in [0.05, 0.1) is 30.4 Å². The van der Waals surface area contributed by atoms with Crippen LogP contribution in [0.15, 0.2) is 40.8 Å². The molecule has 0 aliphatic carbocycles. The van der Waals surface area contributed by atoms with E-state index in [-0.39, 0.29) is 6.10 Å². The van der Waals surface area contributed by atoms with E-state index < -0.39 is 5.60 Å². The maximum Gasteiger partial charge on any atom is 0.227 e. The molecule has 6 heteroatoms. The van der Waals surface area contributed by atoms with Gasteiger partial charge in [-0.15, -0.1) is 0 Å². The van der Waals surface area contributed by atoms with E-state index in [0.717, 1.165) is 17.8 Å². The predicted octanol–water partition coefficient (Wildman–Crippen LogP) is 5.11. The monoisotopic (exact) mass is 379 g/mol. The SMILES string of the molecule is [C-]#[N+]c1cc(C(C)(C)O)c2oc(-c3ccc(NCCOC(C)C)cc3)nc2c1. The van der Waals surface area contributed by atoms with Gasteiger partial charge >= 0.3 is 0 Å². The number of aromatic nitrogens is 1. The Labute approximate surface area is 165 Å². The highest BCUT2D eigenvalue weighted by atomic mass is 16.5. The molecule has 1 heterocycles. The molecule has 2 N–H and O–H groups in total. The van der Waals surface area contributed by atoms with Gasteiger partial charge in [0, 0.05) is 23.4 Å². The molecule has 0 radical (unpaired) electrons. The zero-order chi connectivity index (χ0) is 20.3. The topological polar surface area (TPSA) is 71.9 Å². The van der Waals surface area contributed by atoms with Crippen LogP contribution in [-0.4, -0.2) is 29.3 Å². The molecule has 146 valence electrons. The molecule has 0 aliphatic heterocycles. The van der Waals surface area contributed by atoms with Crippen molar-refractivity contribution < 1.29 is 14.3 Å². The van der Waals surface area contributed by atoms with Crippen LogP contribution in [0.4, 0.5) is 11.4 Å². The molecule has 3 rings (SSSR count). The molecule has 0 saturated heterocycles. The Morgan fingerprint density at radius 3 is 2.57 bits per heavy atom. The summed E-state index contributed by atoms with van der Waals surface area (Å²) in [7, 11) is 0. The smallest absolute Gasteiger partial charge is 0.227 e. The van der Waals surface area contributed by atoms with E-state index in [9.17, 15) is 5.11 Å². The normalized spacial score (nSPS) is 11.8. The van der Waals surface area contributed by atoms with Crippen LogP contribution in [0, 0.1) is 6.57 Å². The lowest BCUT2D eigenvalue weighted by Crippen LogP contribution is -2.15. The first-order chi connectivity index (χ1) is 13.3.